The first kappa shape index (κ1) is 15.7. The van der Waals surface area contributed by atoms with Crippen molar-refractivity contribution < 1.29 is 19.4 Å². The van der Waals surface area contributed by atoms with E-state index in [4.69, 9.17) is 9.47 Å². The maximum Gasteiger partial charge on any atom is 0.319 e. The Labute approximate surface area is 148 Å². The molecule has 0 radical (unpaired) electrons. The van der Waals surface area contributed by atoms with Gasteiger partial charge in [-0.2, -0.15) is 0 Å². The van der Waals surface area contributed by atoms with Crippen LogP contribution in [0.1, 0.15) is 11.7 Å². The van der Waals surface area contributed by atoms with Gasteiger partial charge in [-0.05, 0) is 29.0 Å². The topological polar surface area (TPSA) is 79.8 Å². The summed E-state index contributed by atoms with van der Waals surface area (Å²) in [5, 5.41) is 18.7. The number of ether oxygens (including phenoxy) is 2. The van der Waals surface area contributed by atoms with Gasteiger partial charge in [-0.15, -0.1) is 11.3 Å². The molecule has 25 heavy (non-hydrogen) atoms. The number of hydrogen-bond donors (Lipinski definition) is 3. The van der Waals surface area contributed by atoms with Crippen LogP contribution in [0.3, 0.4) is 0 Å². The third kappa shape index (κ3) is 3.24. The van der Waals surface area contributed by atoms with Crippen molar-refractivity contribution in [1.82, 2.24) is 5.32 Å². The van der Waals surface area contributed by atoms with Crippen molar-refractivity contribution in [3.63, 3.8) is 0 Å². The number of anilines is 1. The summed E-state index contributed by atoms with van der Waals surface area (Å²) in [6.45, 7) is 0.308. The summed E-state index contributed by atoms with van der Waals surface area (Å²) >= 11 is 1.58. The van der Waals surface area contributed by atoms with Crippen molar-refractivity contribution in [1.29, 1.82) is 0 Å². The lowest BCUT2D eigenvalue weighted by atomic mass is 10.1. The van der Waals surface area contributed by atoms with E-state index in [0.29, 0.717) is 17.2 Å². The first-order valence-electron chi connectivity index (χ1n) is 7.79. The second-order valence-electron chi connectivity index (χ2n) is 5.61. The molecule has 0 saturated carbocycles. The number of fused-ring (bicyclic) bond motifs is 2. The van der Waals surface area contributed by atoms with Gasteiger partial charge in [0.25, 0.3) is 0 Å². The second kappa shape index (κ2) is 6.62. The Morgan fingerprint density at radius 1 is 1.20 bits per heavy atom. The van der Waals surface area contributed by atoms with Crippen molar-refractivity contribution in [2.75, 3.05) is 18.7 Å². The largest absolute Gasteiger partial charge is 0.454 e. The molecule has 7 heteroatoms. The summed E-state index contributed by atoms with van der Waals surface area (Å²) in [4.78, 5) is 12.0. The van der Waals surface area contributed by atoms with Crippen molar-refractivity contribution in [3.8, 4) is 11.5 Å². The standard InChI is InChI=1S/C18H16N2O4S/c21-14(13-9-25-17-4-2-1-3-12(13)17)8-19-18(22)20-11-5-6-15-16(7-11)24-10-23-15/h1-7,9,14,21H,8,10H2,(H2,19,20,22). The molecule has 6 nitrogen and oxygen atoms in total. The molecule has 0 fully saturated rings. The highest BCUT2D eigenvalue weighted by atomic mass is 32.1. The Hall–Kier alpha value is -2.77. The first-order chi connectivity index (χ1) is 12.2. The zero-order chi connectivity index (χ0) is 17.2. The van der Waals surface area contributed by atoms with Crippen LogP contribution in [0.4, 0.5) is 10.5 Å². The SMILES string of the molecule is O=C(NCC(O)c1csc2ccccc12)Nc1ccc2c(c1)OCO2. The minimum Gasteiger partial charge on any atom is -0.454 e. The Morgan fingerprint density at radius 2 is 2.04 bits per heavy atom. The third-order valence-electron chi connectivity index (χ3n) is 3.96. The third-order valence-corrected chi connectivity index (χ3v) is 4.94. The monoisotopic (exact) mass is 356 g/mol. The van der Waals surface area contributed by atoms with Gasteiger partial charge in [-0.3, -0.25) is 0 Å². The van der Waals surface area contributed by atoms with E-state index in [0.717, 1.165) is 15.6 Å². The molecule has 1 atom stereocenters. The van der Waals surface area contributed by atoms with E-state index < -0.39 is 12.1 Å². The zero-order valence-corrected chi connectivity index (χ0v) is 14.0. The van der Waals surface area contributed by atoms with Crippen molar-refractivity contribution in [3.05, 3.63) is 53.4 Å². The van der Waals surface area contributed by atoms with Crippen molar-refractivity contribution in [2.24, 2.45) is 0 Å². The van der Waals surface area contributed by atoms with Crippen molar-refractivity contribution >= 4 is 33.1 Å². The van der Waals surface area contributed by atoms with Crippen LogP contribution in [0.25, 0.3) is 10.1 Å². The molecule has 0 bridgehead atoms. The molecular formula is C18H16N2O4S. The Morgan fingerprint density at radius 3 is 2.96 bits per heavy atom. The Kier molecular flexibility index (Phi) is 4.17. The van der Waals surface area contributed by atoms with Gasteiger partial charge < -0.3 is 25.2 Å². The lowest BCUT2D eigenvalue weighted by Gasteiger charge is -2.12. The normalized spacial score (nSPS) is 13.6. The van der Waals surface area contributed by atoms with Gasteiger partial charge in [0.1, 0.15) is 0 Å². The lowest BCUT2D eigenvalue weighted by Crippen LogP contribution is -2.32. The summed E-state index contributed by atoms with van der Waals surface area (Å²) in [5.41, 5.74) is 1.42. The average Bonchev–Trinajstić information content (AvgIpc) is 3.26. The highest BCUT2D eigenvalue weighted by Gasteiger charge is 2.16. The number of amides is 2. The number of nitrogens with one attached hydrogen (secondary N) is 2. The molecular weight excluding hydrogens is 340 g/mol. The highest BCUT2D eigenvalue weighted by molar-refractivity contribution is 7.17. The van der Waals surface area contributed by atoms with Gasteiger partial charge in [0.15, 0.2) is 11.5 Å². The van der Waals surface area contributed by atoms with Gasteiger partial charge in [0.2, 0.25) is 6.79 Å². The number of benzene rings is 2. The average molecular weight is 356 g/mol. The molecule has 1 aliphatic rings. The summed E-state index contributed by atoms with van der Waals surface area (Å²) in [6, 6.07) is 12.7. The number of urea groups is 1. The predicted octanol–water partition coefficient (Wildman–Crippen LogP) is 3.49. The van der Waals surface area contributed by atoms with Crippen LogP contribution in [-0.2, 0) is 0 Å². The van der Waals surface area contributed by atoms with Crippen LogP contribution in [0.2, 0.25) is 0 Å². The maximum atomic E-state index is 12.0. The van der Waals surface area contributed by atoms with Gasteiger partial charge >= 0.3 is 6.03 Å². The van der Waals surface area contributed by atoms with Crippen LogP contribution in [-0.4, -0.2) is 24.5 Å². The lowest BCUT2D eigenvalue weighted by molar-refractivity contribution is 0.174. The minimum absolute atomic E-state index is 0.122. The molecule has 0 saturated heterocycles. The Bertz CT molecular complexity index is 924. The second-order valence-corrected chi connectivity index (χ2v) is 6.52. The maximum absolute atomic E-state index is 12.0. The van der Waals surface area contributed by atoms with Crippen LogP contribution < -0.4 is 20.1 Å². The fraction of sp³-hybridized carbons (Fsp3) is 0.167. The Balaban J connectivity index is 1.37. The fourth-order valence-corrected chi connectivity index (χ4v) is 3.71. The van der Waals surface area contributed by atoms with E-state index in [1.165, 1.54) is 0 Å². The van der Waals surface area contributed by atoms with E-state index in [1.807, 2.05) is 29.6 Å². The molecule has 0 spiro atoms. The smallest absolute Gasteiger partial charge is 0.319 e. The molecule has 2 amide bonds. The van der Waals surface area contributed by atoms with Crippen molar-refractivity contribution in [2.45, 2.75) is 6.10 Å². The van der Waals surface area contributed by atoms with Crippen LogP contribution >= 0.6 is 11.3 Å². The van der Waals surface area contributed by atoms with E-state index in [9.17, 15) is 9.90 Å². The quantitative estimate of drug-likeness (QED) is 0.669. The molecule has 4 rings (SSSR count). The fourth-order valence-electron chi connectivity index (χ4n) is 2.71. The molecule has 3 N–H and O–H groups in total. The van der Waals surface area contributed by atoms with E-state index >= 15 is 0 Å². The van der Waals surface area contributed by atoms with Gasteiger partial charge in [-0.25, -0.2) is 4.79 Å². The molecule has 2 heterocycles. The van der Waals surface area contributed by atoms with E-state index in [1.54, 1.807) is 29.5 Å². The number of rotatable bonds is 4. The summed E-state index contributed by atoms with van der Waals surface area (Å²) in [7, 11) is 0. The number of hydrogen-bond acceptors (Lipinski definition) is 5. The molecule has 1 aliphatic heterocycles. The summed E-state index contributed by atoms with van der Waals surface area (Å²) in [5.74, 6) is 1.26. The molecule has 1 aromatic heterocycles. The van der Waals surface area contributed by atoms with Gasteiger partial charge in [0, 0.05) is 28.6 Å². The summed E-state index contributed by atoms with van der Waals surface area (Å²) < 4.78 is 11.6. The molecule has 0 aliphatic carbocycles. The van der Waals surface area contributed by atoms with Gasteiger partial charge in [-0.1, -0.05) is 18.2 Å². The molecule has 128 valence electrons. The van der Waals surface area contributed by atoms with Crippen LogP contribution in [0.15, 0.2) is 47.8 Å². The molecule has 1 unspecified atom stereocenters. The molecule has 3 aromatic rings. The zero-order valence-electron chi connectivity index (χ0n) is 13.2. The number of aliphatic hydroxyl groups is 1. The van der Waals surface area contributed by atoms with Crippen LogP contribution in [0, 0.1) is 0 Å². The predicted molar refractivity (Wildman–Crippen MR) is 96.4 cm³/mol. The number of thiophene rings is 1. The minimum atomic E-state index is -0.765. The summed E-state index contributed by atoms with van der Waals surface area (Å²) in [6.07, 6.45) is -0.765. The highest BCUT2D eigenvalue weighted by Crippen LogP contribution is 2.34. The van der Waals surface area contributed by atoms with E-state index in [2.05, 4.69) is 10.6 Å². The van der Waals surface area contributed by atoms with E-state index in [-0.39, 0.29) is 13.3 Å². The number of carbonyl (C=O) groups is 1. The van der Waals surface area contributed by atoms with Crippen LogP contribution in [0.5, 0.6) is 11.5 Å². The molecule has 2 aromatic carbocycles. The first-order valence-corrected chi connectivity index (χ1v) is 8.67. The number of carbonyl (C=O) groups excluding carboxylic acids is 1. The number of aliphatic hydroxyl groups excluding tert-OH is 1. The van der Waals surface area contributed by atoms with Gasteiger partial charge in [0.05, 0.1) is 6.10 Å².